The van der Waals surface area contributed by atoms with Crippen LogP contribution in [0, 0.1) is 0 Å². The monoisotopic (exact) mass is 441 g/mol. The quantitative estimate of drug-likeness (QED) is 0.489. The Bertz CT molecular complexity index is 1060. The molecule has 2 aromatic carbocycles. The van der Waals surface area contributed by atoms with E-state index in [0.29, 0.717) is 5.02 Å². The van der Waals surface area contributed by atoms with Crippen molar-refractivity contribution in [1.82, 2.24) is 14.7 Å². The molecule has 0 saturated carbocycles. The predicted octanol–water partition coefficient (Wildman–Crippen LogP) is 6.13. The van der Waals surface area contributed by atoms with E-state index in [4.69, 9.17) is 27.9 Å². The molecule has 2 atom stereocenters. The Labute approximate surface area is 187 Å². The van der Waals surface area contributed by atoms with Gasteiger partial charge in [-0.3, -0.25) is 0 Å². The third-order valence-corrected chi connectivity index (χ3v) is 6.73. The molecule has 156 valence electrons. The average molecular weight is 442 g/mol. The maximum atomic E-state index is 6.55. The first-order chi connectivity index (χ1) is 14.6. The molecule has 0 amide bonds. The molecular weight excluding hydrogens is 417 g/mol. The summed E-state index contributed by atoms with van der Waals surface area (Å²) in [5, 5.41) is 6.02. The molecule has 0 aliphatic carbocycles. The molecule has 0 bridgehead atoms. The molecule has 5 rings (SSSR count). The second kappa shape index (κ2) is 8.35. The molecule has 2 aliphatic rings. The van der Waals surface area contributed by atoms with Crippen molar-refractivity contribution in [3.8, 4) is 11.3 Å². The number of hydrogen-bond acceptors (Lipinski definition) is 3. The van der Waals surface area contributed by atoms with Gasteiger partial charge in [-0.05, 0) is 67.3 Å². The van der Waals surface area contributed by atoms with Crippen molar-refractivity contribution in [2.75, 3.05) is 20.2 Å². The lowest BCUT2D eigenvalue weighted by Gasteiger charge is -2.33. The van der Waals surface area contributed by atoms with Crippen LogP contribution in [0.25, 0.3) is 11.3 Å². The van der Waals surface area contributed by atoms with Gasteiger partial charge < -0.3 is 9.64 Å². The predicted molar refractivity (Wildman–Crippen MR) is 121 cm³/mol. The third kappa shape index (κ3) is 3.78. The van der Waals surface area contributed by atoms with Crippen molar-refractivity contribution in [3.63, 3.8) is 0 Å². The van der Waals surface area contributed by atoms with E-state index >= 15 is 0 Å². The summed E-state index contributed by atoms with van der Waals surface area (Å²) in [6.45, 7) is 2.57. The summed E-state index contributed by atoms with van der Waals surface area (Å²) in [5.41, 5.74) is 5.91. The fraction of sp³-hybridized carbons (Fsp3) is 0.375. The van der Waals surface area contributed by atoms with Gasteiger partial charge in [0.05, 0.1) is 5.69 Å². The van der Waals surface area contributed by atoms with Crippen LogP contribution in [0.15, 0.2) is 48.7 Å². The largest absolute Gasteiger partial charge is 0.356 e. The Kier molecular flexibility index (Phi) is 5.59. The first-order valence-corrected chi connectivity index (χ1v) is 11.3. The zero-order chi connectivity index (χ0) is 20.7. The number of likely N-dealkylation sites (N-methyl/N-ethyl adjacent to an activating group) is 1. The van der Waals surface area contributed by atoms with Gasteiger partial charge in [-0.1, -0.05) is 41.4 Å². The van der Waals surface area contributed by atoms with Gasteiger partial charge in [-0.15, -0.1) is 0 Å². The molecule has 0 spiro atoms. The number of aromatic nitrogens is 2. The fourth-order valence-electron chi connectivity index (χ4n) is 4.73. The molecule has 30 heavy (non-hydrogen) atoms. The maximum Gasteiger partial charge on any atom is 0.150 e. The lowest BCUT2D eigenvalue weighted by Crippen LogP contribution is -2.31. The van der Waals surface area contributed by atoms with Crippen molar-refractivity contribution in [3.05, 3.63) is 75.4 Å². The summed E-state index contributed by atoms with van der Waals surface area (Å²) >= 11 is 12.9. The first kappa shape index (κ1) is 20.1. The number of benzene rings is 2. The smallest absolute Gasteiger partial charge is 0.150 e. The number of hydrogen-bond donors (Lipinski definition) is 0. The highest BCUT2D eigenvalue weighted by atomic mass is 35.5. The van der Waals surface area contributed by atoms with Crippen LogP contribution >= 0.6 is 23.2 Å². The molecule has 0 radical (unpaired) electrons. The van der Waals surface area contributed by atoms with E-state index < -0.39 is 0 Å². The van der Waals surface area contributed by atoms with E-state index in [1.54, 1.807) is 0 Å². The van der Waals surface area contributed by atoms with Crippen molar-refractivity contribution in [1.29, 1.82) is 0 Å². The van der Waals surface area contributed by atoms with E-state index in [2.05, 4.69) is 53.4 Å². The molecule has 1 fully saturated rings. The van der Waals surface area contributed by atoms with Gasteiger partial charge in [0, 0.05) is 47.4 Å². The minimum atomic E-state index is 0.0200. The highest BCUT2D eigenvalue weighted by Crippen LogP contribution is 2.39. The lowest BCUT2D eigenvalue weighted by molar-refractivity contribution is -0.0383. The van der Waals surface area contributed by atoms with Crippen LogP contribution < -0.4 is 0 Å². The highest BCUT2D eigenvalue weighted by molar-refractivity contribution is 6.35. The summed E-state index contributed by atoms with van der Waals surface area (Å²) in [7, 11) is 2.14. The second-order valence-electron chi connectivity index (χ2n) is 8.31. The normalized spacial score (nSPS) is 22.1. The van der Waals surface area contributed by atoms with Gasteiger partial charge in [0.25, 0.3) is 0 Å². The van der Waals surface area contributed by atoms with E-state index in [-0.39, 0.29) is 12.1 Å². The van der Waals surface area contributed by atoms with E-state index in [0.717, 1.165) is 48.8 Å². The van der Waals surface area contributed by atoms with E-state index in [1.165, 1.54) is 23.1 Å². The van der Waals surface area contributed by atoms with Crippen LogP contribution in [0.5, 0.6) is 0 Å². The van der Waals surface area contributed by atoms with E-state index in [9.17, 15) is 0 Å². The topological polar surface area (TPSA) is 30.3 Å². The summed E-state index contributed by atoms with van der Waals surface area (Å²) in [6.07, 6.45) is 5.19. The Hall–Kier alpha value is -1.85. The van der Waals surface area contributed by atoms with Crippen LogP contribution in [-0.2, 0) is 11.3 Å². The molecule has 1 aromatic heterocycles. The van der Waals surface area contributed by atoms with E-state index in [1.807, 2.05) is 16.9 Å². The fourth-order valence-corrected chi connectivity index (χ4v) is 5.30. The van der Waals surface area contributed by atoms with Gasteiger partial charge in [0.1, 0.15) is 0 Å². The molecular formula is C24H25Cl2N3O. The Morgan fingerprint density at radius 2 is 2.00 bits per heavy atom. The number of rotatable bonds is 3. The van der Waals surface area contributed by atoms with Gasteiger partial charge in [-0.2, -0.15) is 5.10 Å². The first-order valence-electron chi connectivity index (χ1n) is 10.5. The van der Waals surface area contributed by atoms with Crippen LogP contribution in [0.2, 0.25) is 10.0 Å². The molecule has 3 aromatic rings. The minimum Gasteiger partial charge on any atom is -0.356 e. The van der Waals surface area contributed by atoms with Crippen LogP contribution in [0.1, 0.15) is 48.1 Å². The Balaban J connectivity index is 1.54. The molecule has 6 heteroatoms. The molecule has 1 unspecified atom stereocenters. The molecule has 3 heterocycles. The zero-order valence-electron chi connectivity index (χ0n) is 17.0. The van der Waals surface area contributed by atoms with Crippen LogP contribution in [0.3, 0.4) is 0 Å². The summed E-state index contributed by atoms with van der Waals surface area (Å²) < 4.78 is 8.02. The van der Waals surface area contributed by atoms with Crippen LogP contribution in [-0.4, -0.2) is 34.9 Å². The van der Waals surface area contributed by atoms with Crippen molar-refractivity contribution < 1.29 is 4.74 Å². The minimum absolute atomic E-state index is 0.0200. The molecule has 0 N–H and O–H groups in total. The van der Waals surface area contributed by atoms with Crippen molar-refractivity contribution >= 4 is 23.2 Å². The van der Waals surface area contributed by atoms with Gasteiger partial charge >= 0.3 is 0 Å². The number of halogens is 2. The molecule has 4 nitrogen and oxygen atoms in total. The van der Waals surface area contributed by atoms with Crippen molar-refractivity contribution in [2.24, 2.45) is 0 Å². The Morgan fingerprint density at radius 1 is 1.10 bits per heavy atom. The number of fused-ring (bicyclic) bond motifs is 1. The molecule has 2 aliphatic heterocycles. The second-order valence-corrected chi connectivity index (χ2v) is 9.16. The third-order valence-electron chi connectivity index (χ3n) is 6.18. The summed E-state index contributed by atoms with van der Waals surface area (Å²) in [4.78, 5) is 2.32. The average Bonchev–Trinajstić information content (AvgIpc) is 3.25. The Morgan fingerprint density at radius 3 is 2.83 bits per heavy atom. The highest BCUT2D eigenvalue weighted by Gasteiger charge is 2.27. The maximum absolute atomic E-state index is 6.55. The van der Waals surface area contributed by atoms with Crippen LogP contribution in [0.4, 0.5) is 0 Å². The standard InChI is InChI=1S/C24H25Cl2N3O/c1-28-14-20(19-12-18(25)13-22(26)21(19)15-28)16-5-4-6-17(11-16)23-8-9-27-29(23)24-7-2-3-10-30-24/h4-6,8-9,11-13,20,24H,2-3,7,10,14-15H2,1H3/t20-,24?/m0/s1. The molecule has 1 saturated heterocycles. The lowest BCUT2D eigenvalue weighted by atomic mass is 9.84. The number of nitrogens with zero attached hydrogens (tertiary/aromatic N) is 3. The summed E-state index contributed by atoms with van der Waals surface area (Å²) in [6, 6.07) is 14.8. The van der Waals surface area contributed by atoms with Gasteiger partial charge in [0.2, 0.25) is 0 Å². The van der Waals surface area contributed by atoms with Gasteiger partial charge in [-0.25, -0.2) is 4.68 Å². The zero-order valence-corrected chi connectivity index (χ0v) is 18.5. The van der Waals surface area contributed by atoms with Gasteiger partial charge in [0.15, 0.2) is 6.23 Å². The number of ether oxygens (including phenoxy) is 1. The van der Waals surface area contributed by atoms with Crippen molar-refractivity contribution in [2.45, 2.75) is 38.0 Å². The summed E-state index contributed by atoms with van der Waals surface area (Å²) in [5.74, 6) is 0.220. The SMILES string of the molecule is CN1Cc2c(Cl)cc(Cl)cc2[C@H](c2cccc(-c3ccnn3C3CCCCO3)c2)C1.